The number of nitrogens with one attached hydrogen (secondary N) is 1. The highest BCUT2D eigenvalue weighted by molar-refractivity contribution is 5.79. The molecule has 2 aromatic rings. The van der Waals surface area contributed by atoms with Crippen LogP contribution in [0.4, 0.5) is 10.2 Å². The summed E-state index contributed by atoms with van der Waals surface area (Å²) in [6, 6.07) is 11.8. The molecular formula is C20H21FN4O. The minimum absolute atomic E-state index is 0.0341. The van der Waals surface area contributed by atoms with Gasteiger partial charge in [-0.3, -0.25) is 4.79 Å². The monoisotopic (exact) mass is 352 g/mol. The maximum Gasteiger partial charge on any atom is 0.223 e. The second kappa shape index (κ2) is 7.96. The molecule has 1 atom stereocenters. The molecule has 1 aliphatic heterocycles. The van der Waals surface area contributed by atoms with Gasteiger partial charge in [-0.15, -0.1) is 0 Å². The number of hydrogen-bond donors (Lipinski definition) is 1. The van der Waals surface area contributed by atoms with Crippen molar-refractivity contribution in [2.75, 3.05) is 18.0 Å². The van der Waals surface area contributed by atoms with Crippen LogP contribution in [0.25, 0.3) is 0 Å². The Morgan fingerprint density at radius 2 is 2.04 bits per heavy atom. The Morgan fingerprint density at radius 1 is 1.31 bits per heavy atom. The highest BCUT2D eigenvalue weighted by Gasteiger charge is 2.27. The van der Waals surface area contributed by atoms with Crippen LogP contribution in [0.3, 0.4) is 0 Å². The van der Waals surface area contributed by atoms with Gasteiger partial charge in [0.2, 0.25) is 5.91 Å². The topological polar surface area (TPSA) is 69.0 Å². The van der Waals surface area contributed by atoms with E-state index in [2.05, 4.69) is 21.3 Å². The van der Waals surface area contributed by atoms with Crippen LogP contribution in [0.15, 0.2) is 42.6 Å². The molecule has 1 aromatic heterocycles. The molecule has 3 rings (SSSR count). The molecule has 134 valence electrons. The zero-order valence-corrected chi connectivity index (χ0v) is 14.7. The van der Waals surface area contributed by atoms with Crippen LogP contribution in [-0.2, 0) is 4.79 Å². The predicted octanol–water partition coefficient (Wildman–Crippen LogP) is 3.19. The first kappa shape index (κ1) is 17.9. The summed E-state index contributed by atoms with van der Waals surface area (Å²) in [5.41, 5.74) is 1.03. The molecule has 1 saturated heterocycles. The number of pyridine rings is 1. The van der Waals surface area contributed by atoms with Gasteiger partial charge < -0.3 is 10.2 Å². The molecule has 1 fully saturated rings. The smallest absolute Gasteiger partial charge is 0.223 e. The number of benzene rings is 1. The number of rotatable bonds is 4. The fourth-order valence-electron chi connectivity index (χ4n) is 3.25. The van der Waals surface area contributed by atoms with Gasteiger partial charge in [-0.1, -0.05) is 18.2 Å². The van der Waals surface area contributed by atoms with Gasteiger partial charge in [-0.25, -0.2) is 9.37 Å². The van der Waals surface area contributed by atoms with Crippen molar-refractivity contribution in [2.45, 2.75) is 25.8 Å². The molecule has 0 bridgehead atoms. The van der Waals surface area contributed by atoms with Crippen LogP contribution in [0.5, 0.6) is 0 Å². The largest absolute Gasteiger partial charge is 0.357 e. The molecule has 1 N–H and O–H groups in total. The number of halogens is 1. The average Bonchev–Trinajstić information content (AvgIpc) is 2.68. The van der Waals surface area contributed by atoms with Crippen molar-refractivity contribution in [1.82, 2.24) is 10.3 Å². The lowest BCUT2D eigenvalue weighted by molar-refractivity contribution is -0.126. The summed E-state index contributed by atoms with van der Waals surface area (Å²) in [7, 11) is 0. The van der Waals surface area contributed by atoms with Gasteiger partial charge in [0.25, 0.3) is 0 Å². The lowest BCUT2D eigenvalue weighted by atomic mass is 9.95. The van der Waals surface area contributed by atoms with Gasteiger partial charge >= 0.3 is 0 Å². The van der Waals surface area contributed by atoms with E-state index in [1.54, 1.807) is 37.4 Å². The zero-order chi connectivity index (χ0) is 18.5. The number of anilines is 1. The number of carbonyl (C=O) groups is 1. The summed E-state index contributed by atoms with van der Waals surface area (Å²) < 4.78 is 13.8. The van der Waals surface area contributed by atoms with Gasteiger partial charge in [0.15, 0.2) is 0 Å². The Balaban J connectivity index is 1.55. The van der Waals surface area contributed by atoms with Crippen LogP contribution < -0.4 is 10.2 Å². The van der Waals surface area contributed by atoms with Crippen LogP contribution >= 0.6 is 0 Å². The number of nitrogens with zero attached hydrogens (tertiary/aromatic N) is 3. The van der Waals surface area contributed by atoms with Crippen molar-refractivity contribution in [3.8, 4) is 6.07 Å². The third-order valence-electron chi connectivity index (χ3n) is 4.80. The minimum Gasteiger partial charge on any atom is -0.357 e. The van der Waals surface area contributed by atoms with E-state index in [1.807, 2.05) is 6.07 Å². The Labute approximate surface area is 152 Å². The Hall–Kier alpha value is -2.94. The molecule has 0 aliphatic carbocycles. The molecule has 1 aliphatic rings. The minimum atomic E-state index is -0.359. The lowest BCUT2D eigenvalue weighted by Crippen LogP contribution is -2.41. The molecular weight excluding hydrogens is 331 g/mol. The highest BCUT2D eigenvalue weighted by atomic mass is 19.1. The molecule has 6 heteroatoms. The normalized spacial score (nSPS) is 16.0. The van der Waals surface area contributed by atoms with E-state index in [0.29, 0.717) is 11.1 Å². The molecule has 26 heavy (non-hydrogen) atoms. The van der Waals surface area contributed by atoms with Crippen LogP contribution in [-0.4, -0.2) is 24.0 Å². The summed E-state index contributed by atoms with van der Waals surface area (Å²) in [4.78, 5) is 18.9. The van der Waals surface area contributed by atoms with E-state index >= 15 is 0 Å². The number of carbonyl (C=O) groups excluding carboxylic acids is 1. The van der Waals surface area contributed by atoms with Crippen molar-refractivity contribution in [2.24, 2.45) is 5.92 Å². The average molecular weight is 352 g/mol. The lowest BCUT2D eigenvalue weighted by Gasteiger charge is -2.32. The maximum absolute atomic E-state index is 13.8. The van der Waals surface area contributed by atoms with Crippen molar-refractivity contribution in [1.29, 1.82) is 5.26 Å². The van der Waals surface area contributed by atoms with Crippen LogP contribution in [0.1, 0.15) is 36.9 Å². The number of nitriles is 1. The number of hydrogen-bond acceptors (Lipinski definition) is 4. The maximum atomic E-state index is 13.8. The summed E-state index contributed by atoms with van der Waals surface area (Å²) in [6.07, 6.45) is 3.00. The standard InChI is InChI=1S/C20H21FN4O/c1-14(17-4-2-3-5-18(17)21)24-20(26)16-8-10-25(11-9-16)19-7-6-15(12-22)13-23-19/h2-7,13-14,16H,8-11H2,1H3,(H,24,26)/t14-/m1/s1. The van der Waals surface area contributed by atoms with Gasteiger partial charge in [-0.05, 0) is 38.0 Å². The first-order chi connectivity index (χ1) is 12.6. The quantitative estimate of drug-likeness (QED) is 0.917. The summed E-state index contributed by atoms with van der Waals surface area (Å²) >= 11 is 0. The predicted molar refractivity (Wildman–Crippen MR) is 96.8 cm³/mol. The molecule has 0 saturated carbocycles. The summed E-state index contributed by atoms with van der Waals surface area (Å²) in [5, 5.41) is 11.8. The van der Waals surface area contributed by atoms with E-state index in [0.717, 1.165) is 31.7 Å². The molecule has 1 aromatic carbocycles. The van der Waals surface area contributed by atoms with Gasteiger partial charge in [-0.2, -0.15) is 5.26 Å². The molecule has 0 unspecified atom stereocenters. The van der Waals surface area contributed by atoms with E-state index in [9.17, 15) is 9.18 Å². The van der Waals surface area contributed by atoms with Gasteiger partial charge in [0.1, 0.15) is 17.7 Å². The molecule has 5 nitrogen and oxygen atoms in total. The SMILES string of the molecule is C[C@@H](NC(=O)C1CCN(c2ccc(C#N)cn2)CC1)c1ccccc1F. The van der Waals surface area contributed by atoms with Crippen LogP contribution in [0.2, 0.25) is 0 Å². The van der Waals surface area contributed by atoms with Crippen molar-refractivity contribution in [3.63, 3.8) is 0 Å². The first-order valence-electron chi connectivity index (χ1n) is 8.74. The van der Waals surface area contributed by atoms with E-state index in [4.69, 9.17) is 5.26 Å². The Kier molecular flexibility index (Phi) is 5.47. The van der Waals surface area contributed by atoms with Crippen molar-refractivity contribution in [3.05, 3.63) is 59.5 Å². The molecule has 1 amide bonds. The number of piperidine rings is 1. The number of aromatic nitrogens is 1. The fraction of sp³-hybridized carbons (Fsp3) is 0.350. The van der Waals surface area contributed by atoms with Gasteiger partial charge in [0, 0.05) is 30.8 Å². The first-order valence-corrected chi connectivity index (χ1v) is 8.74. The van der Waals surface area contributed by atoms with Crippen molar-refractivity contribution < 1.29 is 9.18 Å². The second-order valence-electron chi connectivity index (χ2n) is 6.53. The van der Waals surface area contributed by atoms with Crippen molar-refractivity contribution >= 4 is 11.7 Å². The summed E-state index contributed by atoms with van der Waals surface area (Å²) in [6.45, 7) is 3.25. The van der Waals surface area contributed by atoms with Crippen LogP contribution in [0, 0.1) is 23.1 Å². The number of amides is 1. The highest BCUT2D eigenvalue weighted by Crippen LogP contribution is 2.23. The zero-order valence-electron chi connectivity index (χ0n) is 14.7. The van der Waals surface area contributed by atoms with E-state index in [-0.39, 0.29) is 23.7 Å². The second-order valence-corrected chi connectivity index (χ2v) is 6.53. The summed E-state index contributed by atoms with van der Waals surface area (Å²) in [5.74, 6) is 0.400. The third-order valence-corrected chi connectivity index (χ3v) is 4.80. The Bertz CT molecular complexity index is 807. The molecule has 0 radical (unpaired) electrons. The fourth-order valence-corrected chi connectivity index (χ4v) is 3.25. The molecule has 2 heterocycles. The van der Waals surface area contributed by atoms with E-state index < -0.39 is 0 Å². The third kappa shape index (κ3) is 3.99. The molecule has 0 spiro atoms. The Morgan fingerprint density at radius 3 is 2.65 bits per heavy atom. The van der Waals surface area contributed by atoms with E-state index in [1.165, 1.54) is 6.07 Å². The van der Waals surface area contributed by atoms with Gasteiger partial charge in [0.05, 0.1) is 11.6 Å².